The number of nitrogens with zero attached hydrogens (tertiary/aromatic N) is 3. The minimum Gasteiger partial charge on any atom is -0.336 e. The van der Waals surface area contributed by atoms with Crippen molar-refractivity contribution in [2.45, 2.75) is 58.0 Å². The van der Waals surface area contributed by atoms with Crippen LogP contribution in [0.15, 0.2) is 36.7 Å². The minimum absolute atomic E-state index is 0.0469. The summed E-state index contributed by atoms with van der Waals surface area (Å²) in [5.74, 6) is 0.709. The second-order valence-electron chi connectivity index (χ2n) is 7.13. The van der Waals surface area contributed by atoms with Gasteiger partial charge in [0.05, 0.1) is 12.1 Å². The van der Waals surface area contributed by atoms with Crippen molar-refractivity contribution in [3.8, 4) is 0 Å². The molecule has 8 heteroatoms. The number of rotatable bonds is 6. The van der Waals surface area contributed by atoms with Gasteiger partial charge < -0.3 is 14.8 Å². The van der Waals surface area contributed by atoms with Gasteiger partial charge >= 0.3 is 12.2 Å². The van der Waals surface area contributed by atoms with E-state index in [1.54, 1.807) is 17.3 Å². The zero-order valence-electron chi connectivity index (χ0n) is 15.3. The SMILES string of the molecule is CC(C)NC(=O)N(Cc1nccn1Cc1ccc(C(F)(F)F)cc1)C1CC1. The standard InChI is InChI=1S/C19H23F3N4O/c1-13(2)24-18(27)26(16-7-8-16)12-17-23-9-10-25(17)11-14-3-5-15(6-4-14)19(20,21)22/h3-6,9-10,13,16H,7-8,11-12H2,1-2H3,(H,24,27). The van der Waals surface area contributed by atoms with Crippen molar-refractivity contribution in [3.63, 3.8) is 0 Å². The highest BCUT2D eigenvalue weighted by molar-refractivity contribution is 5.75. The average Bonchev–Trinajstić information content (AvgIpc) is 3.33. The number of amides is 2. The van der Waals surface area contributed by atoms with E-state index in [0.29, 0.717) is 18.9 Å². The fourth-order valence-corrected chi connectivity index (χ4v) is 2.87. The van der Waals surface area contributed by atoms with Crippen LogP contribution in [0, 0.1) is 0 Å². The van der Waals surface area contributed by atoms with E-state index in [1.165, 1.54) is 12.1 Å². The van der Waals surface area contributed by atoms with Crippen molar-refractivity contribution in [3.05, 3.63) is 53.6 Å². The number of imidazole rings is 1. The van der Waals surface area contributed by atoms with Gasteiger partial charge in [0, 0.05) is 31.0 Å². The summed E-state index contributed by atoms with van der Waals surface area (Å²) < 4.78 is 39.9. The third kappa shape index (κ3) is 5.02. The lowest BCUT2D eigenvalue weighted by Crippen LogP contribution is -2.44. The first-order valence-electron chi connectivity index (χ1n) is 8.97. The second kappa shape index (κ2) is 7.62. The Labute approximate surface area is 156 Å². The maximum atomic E-state index is 12.7. The number of aromatic nitrogens is 2. The molecule has 27 heavy (non-hydrogen) atoms. The van der Waals surface area contributed by atoms with Crippen LogP contribution >= 0.6 is 0 Å². The molecule has 1 aliphatic rings. The van der Waals surface area contributed by atoms with Crippen LogP contribution < -0.4 is 5.32 Å². The van der Waals surface area contributed by atoms with E-state index in [4.69, 9.17) is 0 Å². The number of carbonyl (C=O) groups excluding carboxylic acids is 1. The van der Waals surface area contributed by atoms with Gasteiger partial charge in [0.15, 0.2) is 0 Å². The van der Waals surface area contributed by atoms with Gasteiger partial charge in [-0.05, 0) is 44.4 Å². The fraction of sp³-hybridized carbons (Fsp3) is 0.474. The Morgan fingerprint density at radius 3 is 2.52 bits per heavy atom. The topological polar surface area (TPSA) is 50.2 Å². The van der Waals surface area contributed by atoms with E-state index in [-0.39, 0.29) is 18.1 Å². The Bertz CT molecular complexity index is 779. The fourth-order valence-electron chi connectivity index (χ4n) is 2.87. The van der Waals surface area contributed by atoms with Crippen LogP contribution in [0.5, 0.6) is 0 Å². The second-order valence-corrected chi connectivity index (χ2v) is 7.13. The Morgan fingerprint density at radius 1 is 1.30 bits per heavy atom. The average molecular weight is 380 g/mol. The highest BCUT2D eigenvalue weighted by Crippen LogP contribution is 2.30. The smallest absolute Gasteiger partial charge is 0.336 e. The van der Waals surface area contributed by atoms with E-state index in [1.807, 2.05) is 18.4 Å². The highest BCUT2D eigenvalue weighted by atomic mass is 19.4. The van der Waals surface area contributed by atoms with Gasteiger partial charge in [-0.3, -0.25) is 0 Å². The molecular weight excluding hydrogens is 357 g/mol. The lowest BCUT2D eigenvalue weighted by molar-refractivity contribution is -0.137. The molecule has 3 rings (SSSR count). The zero-order chi connectivity index (χ0) is 19.6. The predicted molar refractivity (Wildman–Crippen MR) is 95.0 cm³/mol. The highest BCUT2D eigenvalue weighted by Gasteiger charge is 2.33. The third-order valence-electron chi connectivity index (χ3n) is 4.41. The van der Waals surface area contributed by atoms with Gasteiger partial charge in [0.25, 0.3) is 0 Å². The molecule has 1 N–H and O–H groups in total. The molecule has 1 heterocycles. The molecule has 1 aromatic heterocycles. The number of alkyl halides is 3. The largest absolute Gasteiger partial charge is 0.416 e. The first-order valence-corrected chi connectivity index (χ1v) is 8.97. The molecule has 1 aromatic carbocycles. The van der Waals surface area contributed by atoms with E-state index >= 15 is 0 Å². The van der Waals surface area contributed by atoms with Crippen molar-refractivity contribution in [2.24, 2.45) is 0 Å². The summed E-state index contributed by atoms with van der Waals surface area (Å²) in [6.07, 6.45) is 1.03. The van der Waals surface area contributed by atoms with Gasteiger partial charge in [0.1, 0.15) is 5.82 Å². The van der Waals surface area contributed by atoms with Gasteiger partial charge in [-0.1, -0.05) is 12.1 Å². The lowest BCUT2D eigenvalue weighted by Gasteiger charge is -2.24. The summed E-state index contributed by atoms with van der Waals surface area (Å²) in [5.41, 5.74) is 0.0780. The Morgan fingerprint density at radius 2 is 1.96 bits per heavy atom. The molecule has 2 amide bonds. The van der Waals surface area contributed by atoms with Crippen LogP contribution in [0.3, 0.4) is 0 Å². The number of carbonyl (C=O) groups is 1. The molecule has 0 saturated heterocycles. The van der Waals surface area contributed by atoms with Gasteiger partial charge in [-0.2, -0.15) is 13.2 Å². The normalized spacial score (nSPS) is 14.4. The molecule has 0 bridgehead atoms. The number of nitrogens with one attached hydrogen (secondary N) is 1. The summed E-state index contributed by atoms with van der Waals surface area (Å²) in [7, 11) is 0. The van der Waals surface area contributed by atoms with Crippen LogP contribution in [-0.2, 0) is 19.3 Å². The van der Waals surface area contributed by atoms with Gasteiger partial charge in [0.2, 0.25) is 0 Å². The number of urea groups is 1. The van der Waals surface area contributed by atoms with E-state index < -0.39 is 11.7 Å². The molecule has 0 atom stereocenters. The first kappa shape index (κ1) is 19.3. The molecule has 1 saturated carbocycles. The van der Waals surface area contributed by atoms with Crippen LogP contribution in [0.25, 0.3) is 0 Å². The Kier molecular flexibility index (Phi) is 5.43. The van der Waals surface area contributed by atoms with E-state index in [2.05, 4.69) is 10.3 Å². The summed E-state index contributed by atoms with van der Waals surface area (Å²) in [4.78, 5) is 18.6. The number of benzene rings is 1. The van der Waals surface area contributed by atoms with Gasteiger partial charge in [-0.25, -0.2) is 9.78 Å². The van der Waals surface area contributed by atoms with Crippen LogP contribution in [0.2, 0.25) is 0 Å². The number of hydrogen-bond donors (Lipinski definition) is 1. The minimum atomic E-state index is -4.34. The third-order valence-corrected chi connectivity index (χ3v) is 4.41. The van der Waals surface area contributed by atoms with Crippen molar-refractivity contribution in [1.29, 1.82) is 0 Å². The molecule has 1 aliphatic carbocycles. The maximum Gasteiger partial charge on any atom is 0.416 e. The molecule has 0 aliphatic heterocycles. The molecule has 2 aromatic rings. The van der Waals surface area contributed by atoms with E-state index in [9.17, 15) is 18.0 Å². The predicted octanol–water partition coefficient (Wildman–Crippen LogP) is 4.03. The summed E-state index contributed by atoms with van der Waals surface area (Å²) in [6.45, 7) is 4.59. The monoisotopic (exact) mass is 380 g/mol. The molecular formula is C19H23F3N4O. The molecule has 0 spiro atoms. The van der Waals surface area contributed by atoms with Gasteiger partial charge in [-0.15, -0.1) is 0 Å². The maximum absolute atomic E-state index is 12.7. The van der Waals surface area contributed by atoms with E-state index in [0.717, 1.165) is 30.5 Å². The molecule has 146 valence electrons. The van der Waals surface area contributed by atoms with Crippen molar-refractivity contribution in [2.75, 3.05) is 0 Å². The molecule has 5 nitrogen and oxygen atoms in total. The number of halogens is 3. The van der Waals surface area contributed by atoms with Crippen molar-refractivity contribution in [1.82, 2.24) is 19.8 Å². The van der Waals surface area contributed by atoms with Crippen LogP contribution in [0.4, 0.5) is 18.0 Å². The summed E-state index contributed by atoms with van der Waals surface area (Å²) in [6, 6.07) is 5.26. The van der Waals surface area contributed by atoms with Crippen LogP contribution in [-0.4, -0.2) is 32.6 Å². The zero-order valence-corrected chi connectivity index (χ0v) is 15.3. The molecule has 0 unspecified atom stereocenters. The Hall–Kier alpha value is -2.51. The lowest BCUT2D eigenvalue weighted by atomic mass is 10.1. The van der Waals surface area contributed by atoms with Crippen LogP contribution in [0.1, 0.15) is 43.6 Å². The quantitative estimate of drug-likeness (QED) is 0.823. The summed E-state index contributed by atoms with van der Waals surface area (Å²) in [5, 5.41) is 2.91. The Balaban J connectivity index is 1.71. The first-order chi connectivity index (χ1) is 12.7. The number of hydrogen-bond acceptors (Lipinski definition) is 2. The molecule has 1 fully saturated rings. The van der Waals surface area contributed by atoms with Crippen molar-refractivity contribution < 1.29 is 18.0 Å². The molecule has 0 radical (unpaired) electrons. The van der Waals surface area contributed by atoms with Crippen molar-refractivity contribution >= 4 is 6.03 Å². The summed E-state index contributed by atoms with van der Waals surface area (Å²) >= 11 is 0.